The van der Waals surface area contributed by atoms with Crippen LogP contribution in [0.5, 0.6) is 0 Å². The van der Waals surface area contributed by atoms with E-state index < -0.39 is 12.0 Å². The van der Waals surface area contributed by atoms with Crippen molar-refractivity contribution >= 4 is 45.0 Å². The lowest BCUT2D eigenvalue weighted by Crippen LogP contribution is -2.39. The second kappa shape index (κ2) is 7.09. The van der Waals surface area contributed by atoms with E-state index in [1.807, 2.05) is 35.9 Å². The number of halogens is 1. The van der Waals surface area contributed by atoms with Gasteiger partial charge in [-0.2, -0.15) is 5.10 Å². The third-order valence-electron chi connectivity index (χ3n) is 4.35. The summed E-state index contributed by atoms with van der Waals surface area (Å²) in [6.07, 6.45) is 0. The number of benzene rings is 1. The van der Waals surface area contributed by atoms with Crippen molar-refractivity contribution in [1.29, 1.82) is 0 Å². The zero-order chi connectivity index (χ0) is 19.0. The molecule has 0 aliphatic carbocycles. The number of carbonyl (C=O) groups excluding carboxylic acids is 1. The highest BCUT2D eigenvalue weighted by atomic mass is 35.5. The Morgan fingerprint density at radius 2 is 2.08 bits per heavy atom. The number of carboxylic acids is 1. The summed E-state index contributed by atoms with van der Waals surface area (Å²) >= 11 is 7.55. The average Bonchev–Trinajstić information content (AvgIpc) is 3.16. The van der Waals surface area contributed by atoms with Gasteiger partial charge >= 0.3 is 5.97 Å². The Labute approximate surface area is 159 Å². The summed E-state index contributed by atoms with van der Waals surface area (Å²) in [5, 5.41) is 15.2. The maximum absolute atomic E-state index is 12.6. The van der Waals surface area contributed by atoms with Crippen molar-refractivity contribution in [2.45, 2.75) is 26.4 Å². The molecule has 1 amide bonds. The zero-order valence-corrected chi connectivity index (χ0v) is 16.1. The molecule has 0 fully saturated rings. The van der Waals surface area contributed by atoms with Crippen LogP contribution in [-0.2, 0) is 11.3 Å². The molecule has 8 heteroatoms. The van der Waals surface area contributed by atoms with Gasteiger partial charge in [0.05, 0.1) is 17.1 Å². The summed E-state index contributed by atoms with van der Waals surface area (Å²) in [7, 11) is 1.49. The molecule has 0 radical (unpaired) electrons. The molecule has 136 valence electrons. The highest BCUT2D eigenvalue weighted by Crippen LogP contribution is 2.30. The van der Waals surface area contributed by atoms with E-state index in [4.69, 9.17) is 16.7 Å². The molecule has 0 bridgehead atoms. The van der Waals surface area contributed by atoms with Gasteiger partial charge < -0.3 is 10.0 Å². The van der Waals surface area contributed by atoms with Crippen LogP contribution in [0.1, 0.15) is 27.9 Å². The Balaban J connectivity index is 1.96. The lowest BCUT2D eigenvalue weighted by molar-refractivity contribution is -0.141. The van der Waals surface area contributed by atoms with Gasteiger partial charge in [-0.15, -0.1) is 11.3 Å². The summed E-state index contributed by atoms with van der Waals surface area (Å²) in [6.45, 7) is 3.87. The van der Waals surface area contributed by atoms with E-state index in [-0.39, 0.29) is 5.91 Å². The van der Waals surface area contributed by atoms with Crippen LogP contribution in [0.15, 0.2) is 30.3 Å². The van der Waals surface area contributed by atoms with Crippen LogP contribution in [0.4, 0.5) is 0 Å². The minimum absolute atomic E-state index is 0.315. The van der Waals surface area contributed by atoms with Crippen LogP contribution in [0.3, 0.4) is 0 Å². The van der Waals surface area contributed by atoms with Crippen molar-refractivity contribution in [2.24, 2.45) is 0 Å². The van der Waals surface area contributed by atoms with Gasteiger partial charge in [0.25, 0.3) is 5.91 Å². The Hall–Kier alpha value is -2.38. The van der Waals surface area contributed by atoms with Crippen LogP contribution in [0, 0.1) is 6.92 Å². The Morgan fingerprint density at radius 3 is 2.73 bits per heavy atom. The summed E-state index contributed by atoms with van der Waals surface area (Å²) < 4.78 is 1.83. The SMILES string of the molecule is Cc1nn(Cc2ccccc2Cl)c2sc(C(=O)N(C)C(C)C(=O)O)cc12. The Morgan fingerprint density at radius 1 is 1.38 bits per heavy atom. The summed E-state index contributed by atoms with van der Waals surface area (Å²) in [6, 6.07) is 8.44. The smallest absolute Gasteiger partial charge is 0.326 e. The minimum Gasteiger partial charge on any atom is -0.480 e. The number of hydrogen-bond donors (Lipinski definition) is 1. The summed E-state index contributed by atoms with van der Waals surface area (Å²) in [4.78, 5) is 26.3. The molecule has 2 aromatic heterocycles. The maximum atomic E-state index is 12.6. The number of fused-ring (bicyclic) bond motifs is 1. The number of amides is 1. The monoisotopic (exact) mass is 391 g/mol. The molecule has 2 heterocycles. The number of aryl methyl sites for hydroxylation is 1. The van der Waals surface area contributed by atoms with Crippen molar-refractivity contribution in [1.82, 2.24) is 14.7 Å². The topological polar surface area (TPSA) is 75.4 Å². The average molecular weight is 392 g/mol. The first-order valence-electron chi connectivity index (χ1n) is 8.00. The van der Waals surface area contributed by atoms with Gasteiger partial charge in [0, 0.05) is 17.5 Å². The number of aliphatic carboxylic acids is 1. The molecule has 1 N–H and O–H groups in total. The first kappa shape index (κ1) is 18.4. The van der Waals surface area contributed by atoms with E-state index in [2.05, 4.69) is 5.10 Å². The third-order valence-corrected chi connectivity index (χ3v) is 5.86. The third kappa shape index (κ3) is 3.32. The van der Waals surface area contributed by atoms with Gasteiger partial charge in [0.15, 0.2) is 0 Å². The van der Waals surface area contributed by atoms with Crippen molar-refractivity contribution in [3.63, 3.8) is 0 Å². The molecule has 1 aromatic carbocycles. The highest BCUT2D eigenvalue weighted by Gasteiger charge is 2.25. The molecule has 3 aromatic rings. The number of carbonyl (C=O) groups is 2. The normalized spacial score (nSPS) is 12.3. The number of carboxylic acid groups (broad SMARTS) is 1. The number of likely N-dealkylation sites (N-methyl/N-ethyl adjacent to an activating group) is 1. The lowest BCUT2D eigenvalue weighted by Gasteiger charge is -2.20. The molecular formula is C18H18ClN3O3S. The maximum Gasteiger partial charge on any atom is 0.326 e. The lowest BCUT2D eigenvalue weighted by atomic mass is 10.2. The second-order valence-corrected chi connectivity index (χ2v) is 7.53. The molecule has 6 nitrogen and oxygen atoms in total. The van der Waals surface area contributed by atoms with Crippen molar-refractivity contribution in [3.8, 4) is 0 Å². The molecule has 0 saturated carbocycles. The molecule has 0 saturated heterocycles. The minimum atomic E-state index is -1.04. The quantitative estimate of drug-likeness (QED) is 0.720. The van der Waals surface area contributed by atoms with Crippen LogP contribution >= 0.6 is 22.9 Å². The van der Waals surface area contributed by atoms with Gasteiger partial charge in [0.1, 0.15) is 10.9 Å². The highest BCUT2D eigenvalue weighted by molar-refractivity contribution is 7.20. The largest absolute Gasteiger partial charge is 0.480 e. The van der Waals surface area contributed by atoms with Gasteiger partial charge in [-0.05, 0) is 31.5 Å². The Bertz CT molecular complexity index is 995. The van der Waals surface area contributed by atoms with Gasteiger partial charge in [-0.1, -0.05) is 29.8 Å². The number of nitrogens with zero attached hydrogens (tertiary/aromatic N) is 3. The van der Waals surface area contributed by atoms with Crippen molar-refractivity contribution in [2.75, 3.05) is 7.05 Å². The molecular weight excluding hydrogens is 374 g/mol. The number of thiophene rings is 1. The van der Waals surface area contributed by atoms with E-state index in [0.29, 0.717) is 16.4 Å². The van der Waals surface area contributed by atoms with E-state index >= 15 is 0 Å². The van der Waals surface area contributed by atoms with Crippen LogP contribution in [0.2, 0.25) is 5.02 Å². The summed E-state index contributed by atoms with van der Waals surface area (Å²) in [5.41, 5.74) is 1.76. The Kier molecular flexibility index (Phi) is 5.02. The molecule has 0 spiro atoms. The van der Waals surface area contributed by atoms with E-state index in [0.717, 1.165) is 21.5 Å². The fourth-order valence-electron chi connectivity index (χ4n) is 2.63. The molecule has 0 aliphatic rings. The molecule has 1 atom stereocenters. The zero-order valence-electron chi connectivity index (χ0n) is 14.6. The summed E-state index contributed by atoms with van der Waals surface area (Å²) in [5.74, 6) is -1.35. The first-order valence-corrected chi connectivity index (χ1v) is 9.19. The van der Waals surface area contributed by atoms with E-state index in [1.165, 1.54) is 30.2 Å². The molecule has 3 rings (SSSR count). The van der Waals surface area contributed by atoms with Crippen LogP contribution in [0.25, 0.3) is 10.2 Å². The van der Waals surface area contributed by atoms with Gasteiger partial charge in [-0.25, -0.2) is 4.79 Å². The van der Waals surface area contributed by atoms with Gasteiger partial charge in [0.2, 0.25) is 0 Å². The predicted molar refractivity (Wildman–Crippen MR) is 102 cm³/mol. The second-order valence-electron chi connectivity index (χ2n) is 6.09. The molecule has 26 heavy (non-hydrogen) atoms. The van der Waals surface area contributed by atoms with Crippen molar-refractivity contribution < 1.29 is 14.7 Å². The van der Waals surface area contributed by atoms with Crippen LogP contribution in [-0.4, -0.2) is 44.8 Å². The standard InChI is InChI=1S/C18H18ClN3O3S/c1-10-13-8-15(16(23)21(3)11(2)18(24)25)26-17(13)22(20-10)9-12-6-4-5-7-14(12)19/h4-8,11H,9H2,1-3H3,(H,24,25). The van der Waals surface area contributed by atoms with E-state index in [1.54, 1.807) is 6.07 Å². The molecule has 1 unspecified atom stereocenters. The first-order chi connectivity index (χ1) is 12.3. The molecule has 0 aliphatic heterocycles. The van der Waals surface area contributed by atoms with Crippen LogP contribution < -0.4 is 0 Å². The van der Waals surface area contributed by atoms with E-state index in [9.17, 15) is 9.59 Å². The number of aromatic nitrogens is 2. The van der Waals surface area contributed by atoms with Crippen molar-refractivity contribution in [3.05, 3.63) is 51.5 Å². The fourth-order valence-corrected chi connectivity index (χ4v) is 3.97. The predicted octanol–water partition coefficient (Wildman–Crippen LogP) is 3.65. The van der Waals surface area contributed by atoms with Gasteiger partial charge in [-0.3, -0.25) is 9.48 Å². The fraction of sp³-hybridized carbons (Fsp3) is 0.278. The number of hydrogen-bond acceptors (Lipinski definition) is 4. The number of rotatable bonds is 5.